The van der Waals surface area contributed by atoms with E-state index >= 15 is 0 Å². The van der Waals surface area contributed by atoms with Gasteiger partial charge in [0.05, 0.1) is 10.8 Å². The third-order valence-corrected chi connectivity index (χ3v) is 9.30. The normalized spacial score (nSPS) is 62.0. The van der Waals surface area contributed by atoms with Gasteiger partial charge in [0.2, 0.25) is 0 Å². The van der Waals surface area contributed by atoms with Crippen LogP contribution in [0.5, 0.6) is 0 Å². The second-order valence-electron chi connectivity index (χ2n) is 9.42. The van der Waals surface area contributed by atoms with E-state index < -0.39 is 10.8 Å². The number of fused-ring (bicyclic) bond motifs is 8. The zero-order valence-corrected chi connectivity index (χ0v) is 12.6. The van der Waals surface area contributed by atoms with E-state index in [4.69, 9.17) is 4.74 Å². The van der Waals surface area contributed by atoms with E-state index in [0.717, 1.165) is 49.4 Å². The quantitative estimate of drug-likeness (QED) is 0.392. The van der Waals surface area contributed by atoms with E-state index in [2.05, 4.69) is 0 Å². The number of carbonyl (C=O) groups excluding carboxylic acids is 2. The van der Waals surface area contributed by atoms with E-state index in [1.807, 2.05) is 0 Å². The van der Waals surface area contributed by atoms with Crippen LogP contribution >= 0.6 is 0 Å². The highest BCUT2D eigenvalue weighted by molar-refractivity contribution is 6.03. The first-order valence-corrected chi connectivity index (χ1v) is 9.11. The van der Waals surface area contributed by atoms with Gasteiger partial charge < -0.3 is 4.74 Å². The predicted molar refractivity (Wildman–Crippen MR) is 76.3 cm³/mol. The Morgan fingerprint density at radius 2 is 1.27 bits per heavy atom. The van der Waals surface area contributed by atoms with Crippen LogP contribution in [0, 0.1) is 46.3 Å². The highest BCUT2D eigenvalue weighted by Gasteiger charge is 2.77. The average Bonchev–Trinajstić information content (AvgIpc) is 3.06. The molecule has 22 heavy (non-hydrogen) atoms. The maximum absolute atomic E-state index is 12.8. The summed E-state index contributed by atoms with van der Waals surface area (Å²) in [7, 11) is 0. The van der Waals surface area contributed by atoms with Crippen LogP contribution in [-0.4, -0.2) is 11.9 Å². The highest BCUT2D eigenvalue weighted by Crippen LogP contribution is 2.77. The van der Waals surface area contributed by atoms with Crippen molar-refractivity contribution in [2.75, 3.05) is 0 Å². The molecule has 0 aromatic carbocycles. The van der Waals surface area contributed by atoms with Crippen LogP contribution in [0.4, 0.5) is 0 Å². The molecule has 1 aliphatic heterocycles. The molecule has 6 aliphatic rings. The minimum Gasteiger partial charge on any atom is -0.392 e. The molecule has 3 nitrogen and oxygen atoms in total. The molecule has 0 aromatic heterocycles. The minimum atomic E-state index is -0.466. The SMILES string of the molecule is O=C1OC(=O)[C@]23CC4=C5C[C@]12C[C@H]1C[C@@H]2[C@H](C[C@@H]1C3)[C@H]4C[C@H]52. The Kier molecular flexibility index (Phi) is 1.54. The number of rotatable bonds is 0. The van der Waals surface area contributed by atoms with Gasteiger partial charge in [0.15, 0.2) is 0 Å². The highest BCUT2D eigenvalue weighted by atomic mass is 16.6. The second-order valence-corrected chi connectivity index (χ2v) is 9.42. The van der Waals surface area contributed by atoms with Crippen molar-refractivity contribution in [1.29, 1.82) is 0 Å². The number of carbonyl (C=O) groups is 2. The van der Waals surface area contributed by atoms with Crippen molar-refractivity contribution in [2.45, 2.75) is 44.9 Å². The van der Waals surface area contributed by atoms with Gasteiger partial charge in [-0.15, -0.1) is 0 Å². The number of hydrogen-bond donors (Lipinski definition) is 0. The third-order valence-electron chi connectivity index (χ3n) is 9.30. The molecule has 0 radical (unpaired) electrons. The Hall–Kier alpha value is -1.12. The summed E-state index contributed by atoms with van der Waals surface area (Å²) >= 11 is 0. The van der Waals surface area contributed by atoms with Gasteiger partial charge in [0.25, 0.3) is 0 Å². The van der Waals surface area contributed by atoms with Gasteiger partial charge in [-0.1, -0.05) is 11.1 Å². The molecular weight excluding hydrogens is 276 g/mol. The van der Waals surface area contributed by atoms with Crippen LogP contribution in [0.2, 0.25) is 0 Å². The van der Waals surface area contributed by atoms with E-state index in [1.165, 1.54) is 19.3 Å². The Bertz CT molecular complexity index is 662. The van der Waals surface area contributed by atoms with E-state index in [9.17, 15) is 9.59 Å². The van der Waals surface area contributed by atoms with Crippen LogP contribution in [0.1, 0.15) is 44.9 Å². The van der Waals surface area contributed by atoms with Gasteiger partial charge in [-0.25, -0.2) is 0 Å². The van der Waals surface area contributed by atoms with Crippen molar-refractivity contribution in [1.82, 2.24) is 0 Å². The summed E-state index contributed by atoms with van der Waals surface area (Å²) < 4.78 is 5.32. The molecule has 1 heterocycles. The number of esters is 2. The van der Waals surface area contributed by atoms with E-state index in [0.29, 0.717) is 11.8 Å². The molecule has 3 saturated carbocycles. The molecule has 4 fully saturated rings. The summed E-state index contributed by atoms with van der Waals surface area (Å²) in [6.45, 7) is 0. The van der Waals surface area contributed by atoms with Crippen molar-refractivity contribution >= 4 is 11.9 Å². The fourth-order valence-electron chi connectivity index (χ4n) is 8.65. The Morgan fingerprint density at radius 3 is 1.77 bits per heavy atom. The first-order chi connectivity index (χ1) is 10.6. The fourth-order valence-corrected chi connectivity index (χ4v) is 8.65. The molecule has 0 N–H and O–H groups in total. The molecule has 8 atom stereocenters. The average molecular weight is 296 g/mol. The number of hydrogen-bond acceptors (Lipinski definition) is 3. The summed E-state index contributed by atoms with van der Waals surface area (Å²) in [5.74, 6) is 4.35. The maximum Gasteiger partial charge on any atom is 0.321 e. The first kappa shape index (κ1) is 11.4. The standard InChI is InChI=1S/C19H20O3/c20-16-18-4-8-1-10-11-2-9(8)5-19(18,17(21)22-16)7-15-13(11)3-12(10)14(15)6-18/h8-13H,1-7H2/t8-,9-,10-,11+,12+,13-,18-,19+/m1/s1. The van der Waals surface area contributed by atoms with Crippen molar-refractivity contribution in [2.24, 2.45) is 46.3 Å². The lowest BCUT2D eigenvalue weighted by atomic mass is 9.40. The summed E-state index contributed by atoms with van der Waals surface area (Å²) in [6.07, 6.45) is 7.63. The molecule has 5 aliphatic carbocycles. The number of ether oxygens (including phenoxy) is 1. The summed E-state index contributed by atoms with van der Waals surface area (Å²) in [6, 6.07) is 0. The van der Waals surface area contributed by atoms with Crippen LogP contribution in [0.25, 0.3) is 0 Å². The third kappa shape index (κ3) is 0.858. The summed E-state index contributed by atoms with van der Waals surface area (Å²) in [5.41, 5.74) is 2.30. The van der Waals surface area contributed by atoms with Gasteiger partial charge in [0, 0.05) is 0 Å². The lowest BCUT2D eigenvalue weighted by molar-refractivity contribution is -0.156. The molecule has 0 amide bonds. The van der Waals surface area contributed by atoms with Crippen molar-refractivity contribution in [3.05, 3.63) is 11.1 Å². The largest absolute Gasteiger partial charge is 0.392 e. The number of allylic oxidation sites excluding steroid dienone is 2. The molecule has 2 bridgehead atoms. The monoisotopic (exact) mass is 296 g/mol. The van der Waals surface area contributed by atoms with Crippen LogP contribution in [-0.2, 0) is 14.3 Å². The van der Waals surface area contributed by atoms with Gasteiger partial charge in [0.1, 0.15) is 0 Å². The Labute approximate surface area is 129 Å². The summed E-state index contributed by atoms with van der Waals surface area (Å²) in [4.78, 5) is 25.6. The molecular formula is C19H20O3. The molecule has 0 spiro atoms. The topological polar surface area (TPSA) is 43.4 Å². The summed E-state index contributed by atoms with van der Waals surface area (Å²) in [5, 5.41) is 0. The predicted octanol–water partition coefficient (Wildman–Crippen LogP) is 2.85. The Morgan fingerprint density at radius 1 is 0.773 bits per heavy atom. The molecule has 3 heteroatoms. The molecule has 6 rings (SSSR count). The molecule has 1 saturated heterocycles. The van der Waals surface area contributed by atoms with Crippen LogP contribution in [0.3, 0.4) is 0 Å². The zero-order valence-electron chi connectivity index (χ0n) is 12.6. The van der Waals surface area contributed by atoms with Crippen molar-refractivity contribution in [3.63, 3.8) is 0 Å². The zero-order chi connectivity index (χ0) is 14.4. The second kappa shape index (κ2) is 2.97. The lowest BCUT2D eigenvalue weighted by Crippen LogP contribution is -2.59. The lowest BCUT2D eigenvalue weighted by Gasteiger charge is -2.61. The molecule has 0 aromatic rings. The first-order valence-electron chi connectivity index (χ1n) is 9.11. The number of cyclic esters (lactones) is 2. The van der Waals surface area contributed by atoms with Crippen LogP contribution in [0.15, 0.2) is 11.1 Å². The van der Waals surface area contributed by atoms with Gasteiger partial charge in [-0.2, -0.15) is 0 Å². The van der Waals surface area contributed by atoms with E-state index in [-0.39, 0.29) is 11.9 Å². The van der Waals surface area contributed by atoms with E-state index in [1.54, 1.807) is 11.1 Å². The van der Waals surface area contributed by atoms with Gasteiger partial charge >= 0.3 is 11.9 Å². The van der Waals surface area contributed by atoms with Crippen LogP contribution < -0.4 is 0 Å². The van der Waals surface area contributed by atoms with Gasteiger partial charge in [-0.05, 0) is 80.5 Å². The maximum atomic E-state index is 12.8. The molecule has 114 valence electrons. The smallest absolute Gasteiger partial charge is 0.321 e. The fraction of sp³-hybridized carbons (Fsp3) is 0.789. The van der Waals surface area contributed by atoms with Crippen molar-refractivity contribution in [3.8, 4) is 0 Å². The van der Waals surface area contributed by atoms with Gasteiger partial charge in [-0.3, -0.25) is 9.59 Å². The van der Waals surface area contributed by atoms with Crippen molar-refractivity contribution < 1.29 is 14.3 Å². The molecule has 0 unspecified atom stereocenters. The minimum absolute atomic E-state index is 0.161. The Balaban J connectivity index is 1.59.